The van der Waals surface area contributed by atoms with E-state index in [0.29, 0.717) is 5.92 Å². The van der Waals surface area contributed by atoms with E-state index in [0.717, 1.165) is 68.9 Å². The summed E-state index contributed by atoms with van der Waals surface area (Å²) >= 11 is 0. The maximum Gasteiger partial charge on any atom is 0.263 e. The zero-order chi connectivity index (χ0) is 18.2. The summed E-state index contributed by atoms with van der Waals surface area (Å²) in [6.07, 6.45) is 10.2. The van der Waals surface area contributed by atoms with E-state index in [-0.39, 0.29) is 28.5 Å². The van der Waals surface area contributed by atoms with Gasteiger partial charge in [0.15, 0.2) is 0 Å². The maximum atomic E-state index is 13.0. The minimum atomic E-state index is -0.241. The predicted octanol–water partition coefficient (Wildman–Crippen LogP) is 1.67. The van der Waals surface area contributed by atoms with Crippen molar-refractivity contribution in [3.63, 3.8) is 0 Å². The Bertz CT molecular complexity index is 812. The highest BCUT2D eigenvalue weighted by Gasteiger charge is 2.53. The van der Waals surface area contributed by atoms with Gasteiger partial charge in [0, 0.05) is 37.3 Å². The molecule has 0 spiro atoms. The number of rotatable bonds is 2. The third kappa shape index (κ3) is 2.38. The largest absolute Gasteiger partial charge is 0.334 e. The molecular weight excluding hydrogens is 340 g/mol. The number of carbonyl (C=O) groups excluding carboxylic acids is 1. The molecule has 7 rings (SSSR count). The first kappa shape index (κ1) is 16.3. The molecule has 2 N–H and O–H groups in total. The van der Waals surface area contributed by atoms with Crippen molar-refractivity contribution >= 4 is 5.91 Å². The number of nitrogens with zero attached hydrogens (tertiary/aromatic N) is 2. The number of likely N-dealkylation sites (tertiary alicyclic amines) is 1. The summed E-state index contributed by atoms with van der Waals surface area (Å²) < 4.78 is 0. The van der Waals surface area contributed by atoms with Gasteiger partial charge in [-0.05, 0) is 68.6 Å². The van der Waals surface area contributed by atoms with Gasteiger partial charge in [-0.25, -0.2) is 4.98 Å². The number of hydrogen-bond acceptors (Lipinski definition) is 4. The summed E-state index contributed by atoms with van der Waals surface area (Å²) in [5, 5.41) is 3.36. The fourth-order valence-electron chi connectivity index (χ4n) is 7.47. The second-order valence-electron chi connectivity index (χ2n) is 9.95. The number of aromatic nitrogens is 2. The van der Waals surface area contributed by atoms with Crippen molar-refractivity contribution in [2.75, 3.05) is 19.6 Å². The maximum absolute atomic E-state index is 13.0. The Morgan fingerprint density at radius 2 is 1.81 bits per heavy atom. The van der Waals surface area contributed by atoms with Crippen LogP contribution in [0.25, 0.3) is 0 Å². The van der Waals surface area contributed by atoms with Crippen molar-refractivity contribution in [1.82, 2.24) is 20.2 Å². The molecule has 2 atom stereocenters. The van der Waals surface area contributed by atoms with E-state index in [4.69, 9.17) is 0 Å². The highest BCUT2D eigenvalue weighted by atomic mass is 16.2. The lowest BCUT2D eigenvalue weighted by Crippen LogP contribution is -2.50. The van der Waals surface area contributed by atoms with Gasteiger partial charge in [-0.2, -0.15) is 0 Å². The molecule has 6 heteroatoms. The number of amides is 1. The third-order valence-corrected chi connectivity index (χ3v) is 8.28. The highest BCUT2D eigenvalue weighted by molar-refractivity contribution is 5.94. The van der Waals surface area contributed by atoms with Crippen LogP contribution in [0.5, 0.6) is 0 Å². The Labute approximate surface area is 159 Å². The molecular formula is C21H28N4O2. The highest BCUT2D eigenvalue weighted by Crippen LogP contribution is 2.59. The quantitative estimate of drug-likeness (QED) is 0.832. The summed E-state index contributed by atoms with van der Waals surface area (Å²) in [4.78, 5) is 35.5. The van der Waals surface area contributed by atoms with Crippen LogP contribution in [0.15, 0.2) is 11.0 Å². The average Bonchev–Trinajstić information content (AvgIpc) is 3.23. The molecule has 2 saturated heterocycles. The summed E-state index contributed by atoms with van der Waals surface area (Å²) in [7, 11) is 0. The smallest absolute Gasteiger partial charge is 0.263 e. The molecule has 4 aliphatic carbocycles. The molecule has 4 bridgehead atoms. The lowest BCUT2D eigenvalue weighted by atomic mass is 9.49. The molecule has 1 aromatic rings. The molecule has 4 saturated carbocycles. The van der Waals surface area contributed by atoms with Crippen LogP contribution in [0.1, 0.15) is 61.1 Å². The summed E-state index contributed by atoms with van der Waals surface area (Å²) in [5.74, 6) is 3.66. The molecule has 6 nitrogen and oxygen atoms in total. The number of carbonyl (C=O) groups is 1. The third-order valence-electron chi connectivity index (χ3n) is 8.28. The molecule has 1 amide bonds. The van der Waals surface area contributed by atoms with Crippen molar-refractivity contribution in [2.24, 2.45) is 23.7 Å². The van der Waals surface area contributed by atoms with E-state index in [2.05, 4.69) is 15.3 Å². The molecule has 0 unspecified atom stereocenters. The predicted molar refractivity (Wildman–Crippen MR) is 101 cm³/mol. The minimum absolute atomic E-state index is 0.0591. The molecule has 6 fully saturated rings. The minimum Gasteiger partial charge on any atom is -0.334 e. The summed E-state index contributed by atoms with van der Waals surface area (Å²) in [6.45, 7) is 2.58. The first-order chi connectivity index (χ1) is 13.1. The second-order valence-corrected chi connectivity index (χ2v) is 9.95. The number of nitrogens with one attached hydrogen (secondary N) is 2. The van der Waals surface area contributed by atoms with Gasteiger partial charge >= 0.3 is 0 Å². The first-order valence-electron chi connectivity index (χ1n) is 10.7. The second kappa shape index (κ2) is 5.66. The van der Waals surface area contributed by atoms with Crippen LogP contribution in [0.2, 0.25) is 0 Å². The van der Waals surface area contributed by atoms with Gasteiger partial charge < -0.3 is 15.2 Å². The van der Waals surface area contributed by atoms with E-state index in [1.54, 1.807) is 6.20 Å². The van der Waals surface area contributed by atoms with Crippen molar-refractivity contribution in [3.8, 4) is 0 Å². The van der Waals surface area contributed by atoms with Crippen LogP contribution in [-0.4, -0.2) is 46.5 Å². The van der Waals surface area contributed by atoms with Gasteiger partial charge in [0.25, 0.3) is 11.5 Å². The lowest BCUT2D eigenvalue weighted by molar-refractivity contribution is -0.00955. The van der Waals surface area contributed by atoms with Crippen LogP contribution in [0.4, 0.5) is 0 Å². The first-order valence-corrected chi connectivity index (χ1v) is 10.7. The van der Waals surface area contributed by atoms with E-state index >= 15 is 0 Å². The monoisotopic (exact) mass is 368 g/mol. The summed E-state index contributed by atoms with van der Waals surface area (Å²) in [6, 6.07) is 0.236. The Morgan fingerprint density at radius 3 is 2.48 bits per heavy atom. The SMILES string of the molecule is O=C(c1cnc(C23CC4CC(CC(C4)C2)C3)[nH]c1=O)N1CC[C@H]2CNC[C@H]21. The molecule has 144 valence electrons. The van der Waals surface area contributed by atoms with Crippen molar-refractivity contribution in [3.05, 3.63) is 27.9 Å². The molecule has 27 heavy (non-hydrogen) atoms. The van der Waals surface area contributed by atoms with Gasteiger partial charge in [0.1, 0.15) is 11.4 Å². The lowest BCUT2D eigenvalue weighted by Gasteiger charge is -2.56. The zero-order valence-electron chi connectivity index (χ0n) is 15.7. The average molecular weight is 368 g/mol. The van der Waals surface area contributed by atoms with E-state index in [1.165, 1.54) is 19.3 Å². The van der Waals surface area contributed by atoms with Crippen molar-refractivity contribution in [2.45, 2.75) is 56.4 Å². The van der Waals surface area contributed by atoms with Gasteiger partial charge in [-0.1, -0.05) is 0 Å². The van der Waals surface area contributed by atoms with Crippen molar-refractivity contribution in [1.29, 1.82) is 0 Å². The normalized spacial score (nSPS) is 41.9. The van der Waals surface area contributed by atoms with Crippen molar-refractivity contribution < 1.29 is 4.79 Å². The molecule has 0 aromatic carbocycles. The molecule has 3 heterocycles. The fourth-order valence-corrected chi connectivity index (χ4v) is 7.47. The standard InChI is InChI=1S/C21H28N4O2/c26-18-16(19(27)25-2-1-15-9-22-11-17(15)25)10-23-20(24-18)21-6-12-3-13(7-21)5-14(4-12)8-21/h10,12-15,17,22H,1-9,11H2,(H,23,24,26)/t12?,13?,14?,15-,17+,21?/m0/s1. The van der Waals surface area contributed by atoms with Crippen LogP contribution < -0.4 is 10.9 Å². The van der Waals surface area contributed by atoms with E-state index < -0.39 is 0 Å². The Balaban J connectivity index is 1.30. The van der Waals surface area contributed by atoms with Gasteiger partial charge in [0.05, 0.1) is 0 Å². The zero-order valence-corrected chi connectivity index (χ0v) is 15.7. The van der Waals surface area contributed by atoms with Crippen LogP contribution in [0.3, 0.4) is 0 Å². The number of fused-ring (bicyclic) bond motifs is 1. The van der Waals surface area contributed by atoms with E-state index in [9.17, 15) is 9.59 Å². The number of H-pyrrole nitrogens is 1. The molecule has 2 aliphatic heterocycles. The number of aromatic amines is 1. The molecule has 6 aliphatic rings. The van der Waals surface area contributed by atoms with Crippen LogP contribution >= 0.6 is 0 Å². The topological polar surface area (TPSA) is 78.1 Å². The van der Waals surface area contributed by atoms with E-state index in [1.807, 2.05) is 4.90 Å². The fraction of sp³-hybridized carbons (Fsp3) is 0.762. The molecule has 1 aromatic heterocycles. The Hall–Kier alpha value is -1.69. The van der Waals surface area contributed by atoms with Gasteiger partial charge in [0.2, 0.25) is 0 Å². The van der Waals surface area contributed by atoms with Gasteiger partial charge in [-0.3, -0.25) is 9.59 Å². The Kier molecular flexibility index (Phi) is 3.41. The molecule has 0 radical (unpaired) electrons. The van der Waals surface area contributed by atoms with Crippen LogP contribution in [0, 0.1) is 23.7 Å². The van der Waals surface area contributed by atoms with Crippen LogP contribution in [-0.2, 0) is 5.41 Å². The van der Waals surface area contributed by atoms with Gasteiger partial charge in [-0.15, -0.1) is 0 Å². The summed E-state index contributed by atoms with van der Waals surface area (Å²) in [5.41, 5.74) is 0.0371. The Morgan fingerprint density at radius 1 is 1.11 bits per heavy atom. The number of hydrogen-bond donors (Lipinski definition) is 2.